The lowest BCUT2D eigenvalue weighted by molar-refractivity contribution is 0.585. The molecule has 0 saturated heterocycles. The summed E-state index contributed by atoms with van der Waals surface area (Å²) in [7, 11) is 0. The van der Waals surface area contributed by atoms with Gasteiger partial charge in [0.1, 0.15) is 17.3 Å². The van der Waals surface area contributed by atoms with E-state index in [-0.39, 0.29) is 5.56 Å². The average Bonchev–Trinajstić information content (AvgIpc) is 3.04. The van der Waals surface area contributed by atoms with Crippen LogP contribution in [0.15, 0.2) is 61.1 Å². The van der Waals surface area contributed by atoms with Crippen molar-refractivity contribution in [1.82, 2.24) is 15.0 Å². The summed E-state index contributed by atoms with van der Waals surface area (Å²) >= 11 is 0. The second-order valence-corrected chi connectivity index (χ2v) is 5.28. The fourth-order valence-electron chi connectivity index (χ4n) is 2.57. The first-order valence-electron chi connectivity index (χ1n) is 7.31. The van der Waals surface area contributed by atoms with Crippen molar-refractivity contribution in [3.8, 4) is 11.3 Å². The molecule has 0 aliphatic carbocycles. The van der Waals surface area contributed by atoms with Gasteiger partial charge in [-0.15, -0.1) is 0 Å². The van der Waals surface area contributed by atoms with E-state index in [1.165, 1.54) is 12.1 Å². The van der Waals surface area contributed by atoms with Crippen LogP contribution in [0, 0.1) is 11.6 Å². The number of H-pyrrole nitrogens is 1. The minimum Gasteiger partial charge on any atom is -0.355 e. The molecule has 0 fully saturated rings. The number of nitrogens with one attached hydrogen (secondary N) is 2. The van der Waals surface area contributed by atoms with E-state index in [0.717, 1.165) is 22.8 Å². The molecule has 4 nitrogen and oxygen atoms in total. The fraction of sp³-hybridized carbons (Fsp3) is 0. The number of hydrogen-bond donors (Lipinski definition) is 2. The molecule has 2 N–H and O–H groups in total. The lowest BCUT2D eigenvalue weighted by atomic mass is 10.1. The molecule has 0 atom stereocenters. The van der Waals surface area contributed by atoms with E-state index in [1.807, 2.05) is 18.2 Å². The number of hydrogen-bond acceptors (Lipinski definition) is 3. The zero-order valence-electron chi connectivity index (χ0n) is 12.4. The van der Waals surface area contributed by atoms with Crippen LogP contribution in [-0.2, 0) is 0 Å². The third-order valence-corrected chi connectivity index (χ3v) is 3.70. The molecule has 0 aliphatic rings. The monoisotopic (exact) mass is 322 g/mol. The number of benzene rings is 1. The second-order valence-electron chi connectivity index (χ2n) is 5.28. The Morgan fingerprint density at radius 2 is 1.79 bits per heavy atom. The summed E-state index contributed by atoms with van der Waals surface area (Å²) in [5.74, 6) is -1.27. The molecule has 0 amide bonds. The number of rotatable bonds is 3. The number of nitrogens with zero attached hydrogens (tertiary/aromatic N) is 2. The van der Waals surface area contributed by atoms with Gasteiger partial charge >= 0.3 is 0 Å². The highest BCUT2D eigenvalue weighted by atomic mass is 19.1. The molecule has 0 spiro atoms. The normalized spacial score (nSPS) is 10.9. The van der Waals surface area contributed by atoms with Crippen LogP contribution in [0.5, 0.6) is 0 Å². The Kier molecular flexibility index (Phi) is 3.42. The Bertz CT molecular complexity index is 1010. The van der Waals surface area contributed by atoms with Gasteiger partial charge in [-0.05, 0) is 36.4 Å². The van der Waals surface area contributed by atoms with Crippen LogP contribution in [0.3, 0.4) is 0 Å². The van der Waals surface area contributed by atoms with Crippen LogP contribution in [0.25, 0.3) is 22.3 Å². The molecule has 6 heteroatoms. The summed E-state index contributed by atoms with van der Waals surface area (Å²) in [6.07, 6.45) is 5.12. The van der Waals surface area contributed by atoms with Crippen LogP contribution in [-0.4, -0.2) is 15.0 Å². The van der Waals surface area contributed by atoms with E-state index >= 15 is 0 Å². The lowest BCUT2D eigenvalue weighted by Crippen LogP contribution is -1.96. The zero-order valence-corrected chi connectivity index (χ0v) is 12.4. The highest BCUT2D eigenvalue weighted by Gasteiger charge is 2.12. The summed E-state index contributed by atoms with van der Waals surface area (Å²) in [5.41, 5.74) is 2.90. The number of pyridine rings is 2. The van der Waals surface area contributed by atoms with Crippen molar-refractivity contribution in [1.29, 1.82) is 0 Å². The Hall–Kier alpha value is -3.28. The molecule has 0 bridgehead atoms. The highest BCUT2D eigenvalue weighted by molar-refractivity contribution is 5.93. The Balaban J connectivity index is 1.86. The van der Waals surface area contributed by atoms with Crippen LogP contribution in [0.4, 0.5) is 20.2 Å². The number of aromatic nitrogens is 3. The number of anilines is 2. The highest BCUT2D eigenvalue weighted by Crippen LogP contribution is 2.31. The molecule has 118 valence electrons. The molecule has 4 aromatic rings. The first-order chi connectivity index (χ1) is 11.7. The fourth-order valence-corrected chi connectivity index (χ4v) is 2.57. The Morgan fingerprint density at radius 1 is 0.958 bits per heavy atom. The van der Waals surface area contributed by atoms with Crippen molar-refractivity contribution in [3.05, 3.63) is 72.7 Å². The Morgan fingerprint density at radius 3 is 2.58 bits per heavy atom. The van der Waals surface area contributed by atoms with Gasteiger partial charge in [-0.2, -0.15) is 0 Å². The Labute approximate surface area is 136 Å². The number of fused-ring (bicyclic) bond motifs is 1. The number of halogens is 2. The summed E-state index contributed by atoms with van der Waals surface area (Å²) in [6.45, 7) is 0. The van der Waals surface area contributed by atoms with Crippen LogP contribution in [0.2, 0.25) is 0 Å². The largest absolute Gasteiger partial charge is 0.355 e. The molecular formula is C18H12F2N4. The van der Waals surface area contributed by atoms with Crippen molar-refractivity contribution < 1.29 is 8.78 Å². The third-order valence-electron chi connectivity index (χ3n) is 3.70. The van der Waals surface area contributed by atoms with Gasteiger partial charge in [-0.3, -0.25) is 4.98 Å². The maximum Gasteiger partial charge on any atom is 0.140 e. The molecule has 0 saturated carbocycles. The summed E-state index contributed by atoms with van der Waals surface area (Å²) < 4.78 is 27.3. The SMILES string of the molecule is Fc1ccc(-c2cc(Nc3ccncc3)c3cc[nH]c3n2)c(F)c1. The maximum atomic E-state index is 14.1. The second kappa shape index (κ2) is 5.73. The van der Waals surface area contributed by atoms with Crippen LogP contribution in [0.1, 0.15) is 0 Å². The quantitative estimate of drug-likeness (QED) is 0.577. The predicted molar refractivity (Wildman–Crippen MR) is 89.0 cm³/mol. The van der Waals surface area contributed by atoms with E-state index in [1.54, 1.807) is 24.7 Å². The molecular weight excluding hydrogens is 310 g/mol. The van der Waals surface area contributed by atoms with Gasteiger partial charge < -0.3 is 10.3 Å². The first kappa shape index (κ1) is 14.3. The van der Waals surface area contributed by atoms with Gasteiger partial charge in [-0.1, -0.05) is 0 Å². The van der Waals surface area contributed by atoms with Crippen molar-refractivity contribution in [2.75, 3.05) is 5.32 Å². The molecule has 0 radical (unpaired) electrons. The van der Waals surface area contributed by atoms with Gasteiger partial charge in [0, 0.05) is 41.3 Å². The van der Waals surface area contributed by atoms with E-state index in [2.05, 4.69) is 20.3 Å². The summed E-state index contributed by atoms with van der Waals surface area (Å²) in [5, 5.41) is 4.15. The van der Waals surface area contributed by atoms with Crippen LogP contribution < -0.4 is 5.32 Å². The maximum absolute atomic E-state index is 14.1. The van der Waals surface area contributed by atoms with Crippen molar-refractivity contribution in [2.45, 2.75) is 0 Å². The average molecular weight is 322 g/mol. The smallest absolute Gasteiger partial charge is 0.140 e. The third kappa shape index (κ3) is 2.58. The minimum atomic E-state index is -0.650. The molecule has 3 heterocycles. The van der Waals surface area contributed by atoms with E-state index in [9.17, 15) is 8.78 Å². The van der Waals surface area contributed by atoms with Crippen molar-refractivity contribution in [3.63, 3.8) is 0 Å². The molecule has 3 aromatic heterocycles. The summed E-state index contributed by atoms with van der Waals surface area (Å²) in [6, 6.07) is 10.7. The standard InChI is InChI=1S/C18H12F2N4/c19-11-1-2-13(15(20)9-11)16-10-17(14-5-8-22-18(14)24-16)23-12-3-6-21-7-4-12/h1-10H,(H2,21,22,23,24). The molecule has 0 unspecified atom stereocenters. The topological polar surface area (TPSA) is 53.6 Å². The van der Waals surface area contributed by atoms with Gasteiger partial charge in [-0.25, -0.2) is 13.8 Å². The molecule has 0 aliphatic heterocycles. The van der Waals surface area contributed by atoms with Gasteiger partial charge in [0.05, 0.1) is 11.4 Å². The molecule has 24 heavy (non-hydrogen) atoms. The predicted octanol–water partition coefficient (Wildman–Crippen LogP) is 4.65. The van der Waals surface area contributed by atoms with E-state index in [4.69, 9.17) is 0 Å². The van der Waals surface area contributed by atoms with Gasteiger partial charge in [0.2, 0.25) is 0 Å². The van der Waals surface area contributed by atoms with E-state index < -0.39 is 11.6 Å². The van der Waals surface area contributed by atoms with Crippen LogP contribution >= 0.6 is 0 Å². The number of aromatic amines is 1. The van der Waals surface area contributed by atoms with Gasteiger partial charge in [0.25, 0.3) is 0 Å². The zero-order chi connectivity index (χ0) is 16.5. The first-order valence-corrected chi connectivity index (χ1v) is 7.31. The lowest BCUT2D eigenvalue weighted by Gasteiger charge is -2.10. The van der Waals surface area contributed by atoms with E-state index in [0.29, 0.717) is 11.3 Å². The van der Waals surface area contributed by atoms with Crippen molar-refractivity contribution in [2.24, 2.45) is 0 Å². The van der Waals surface area contributed by atoms with Gasteiger partial charge in [0.15, 0.2) is 0 Å². The van der Waals surface area contributed by atoms with Crippen molar-refractivity contribution >= 4 is 22.4 Å². The summed E-state index contributed by atoms with van der Waals surface area (Å²) in [4.78, 5) is 11.4. The molecule has 4 rings (SSSR count). The molecule has 1 aromatic carbocycles. The minimum absolute atomic E-state index is 0.241.